The molecule has 6 N–H and O–H groups in total. The number of likely N-dealkylation sites (tertiary alicyclic amines) is 1. The van der Waals surface area contributed by atoms with E-state index in [0.717, 1.165) is 5.56 Å². The molecule has 15 heteroatoms. The molecule has 48 heavy (non-hydrogen) atoms. The molecule has 0 unspecified atom stereocenters. The molecule has 1 aliphatic rings. The van der Waals surface area contributed by atoms with Gasteiger partial charge in [-0.3, -0.25) is 28.8 Å². The van der Waals surface area contributed by atoms with Crippen molar-refractivity contribution in [2.24, 2.45) is 5.92 Å². The van der Waals surface area contributed by atoms with Crippen LogP contribution in [0.4, 0.5) is 4.79 Å². The van der Waals surface area contributed by atoms with Gasteiger partial charge < -0.3 is 41.5 Å². The van der Waals surface area contributed by atoms with Crippen molar-refractivity contribution in [3.05, 3.63) is 35.9 Å². The Hall–Kier alpha value is -4.69. The van der Waals surface area contributed by atoms with Crippen molar-refractivity contribution in [3.8, 4) is 0 Å². The molecule has 1 aromatic carbocycles. The van der Waals surface area contributed by atoms with Crippen LogP contribution < -0.4 is 31.9 Å². The number of hydrogen-bond donors (Lipinski definition) is 6. The number of benzene rings is 1. The monoisotopic (exact) mass is 673 g/mol. The maximum absolute atomic E-state index is 13.4. The van der Waals surface area contributed by atoms with Gasteiger partial charge in [-0.25, -0.2) is 4.79 Å². The zero-order valence-electron chi connectivity index (χ0n) is 29.0. The number of nitrogens with one attached hydrogen (secondary N) is 6. The van der Waals surface area contributed by atoms with Crippen LogP contribution in [0.25, 0.3) is 0 Å². The molecule has 0 spiro atoms. The van der Waals surface area contributed by atoms with E-state index in [2.05, 4.69) is 31.9 Å². The highest BCUT2D eigenvalue weighted by molar-refractivity contribution is 5.97. The summed E-state index contributed by atoms with van der Waals surface area (Å²) in [7, 11) is 0. The Morgan fingerprint density at radius 3 is 1.77 bits per heavy atom. The quantitative estimate of drug-likeness (QED) is 0.154. The molecule has 0 aliphatic carbocycles. The highest BCUT2D eigenvalue weighted by Gasteiger charge is 2.39. The molecule has 0 aromatic heterocycles. The molecule has 6 atom stereocenters. The summed E-state index contributed by atoms with van der Waals surface area (Å²) in [5, 5.41) is 15.6. The third-order valence-corrected chi connectivity index (χ3v) is 7.69. The first-order chi connectivity index (χ1) is 22.5. The number of rotatable bonds is 15. The van der Waals surface area contributed by atoms with Gasteiger partial charge in [-0.15, -0.1) is 0 Å². The lowest BCUT2D eigenvalue weighted by molar-refractivity contribution is -0.142. The van der Waals surface area contributed by atoms with E-state index < -0.39 is 71.9 Å². The number of amides is 7. The lowest BCUT2D eigenvalue weighted by Crippen LogP contribution is -2.59. The molecule has 266 valence electrons. The molecule has 0 bridgehead atoms. The first-order valence-corrected chi connectivity index (χ1v) is 16.3. The molecule has 1 saturated heterocycles. The van der Waals surface area contributed by atoms with Crippen LogP contribution in [-0.4, -0.2) is 95.3 Å². The minimum absolute atomic E-state index is 0.0277. The number of carbonyl (C=O) groups is 7. The first-order valence-electron chi connectivity index (χ1n) is 16.3. The zero-order valence-corrected chi connectivity index (χ0v) is 29.0. The Morgan fingerprint density at radius 1 is 0.688 bits per heavy atom. The molecule has 0 saturated carbocycles. The van der Waals surface area contributed by atoms with Crippen LogP contribution in [0.2, 0.25) is 0 Å². The van der Waals surface area contributed by atoms with Crippen molar-refractivity contribution >= 4 is 41.5 Å². The fourth-order valence-corrected chi connectivity index (χ4v) is 4.93. The number of nitrogens with zero attached hydrogens (tertiary/aromatic N) is 1. The van der Waals surface area contributed by atoms with E-state index in [1.54, 1.807) is 39.8 Å². The highest BCUT2D eigenvalue weighted by Crippen LogP contribution is 2.19. The van der Waals surface area contributed by atoms with E-state index in [9.17, 15) is 33.6 Å². The molecule has 15 nitrogen and oxygen atoms in total. The number of ether oxygens (including phenoxy) is 1. The predicted octanol–water partition coefficient (Wildman–Crippen LogP) is 0.472. The van der Waals surface area contributed by atoms with Crippen molar-refractivity contribution < 1.29 is 38.3 Å². The summed E-state index contributed by atoms with van der Waals surface area (Å²) in [6.07, 6.45) is 0.0955. The summed E-state index contributed by atoms with van der Waals surface area (Å²) in [5.41, 5.74) is 0.782. The van der Waals surface area contributed by atoms with Gasteiger partial charge in [0.15, 0.2) is 0 Å². The van der Waals surface area contributed by atoms with Crippen molar-refractivity contribution in [2.75, 3.05) is 6.54 Å². The molecular formula is C33H51N7O8. The van der Waals surface area contributed by atoms with E-state index in [0.29, 0.717) is 12.8 Å². The summed E-state index contributed by atoms with van der Waals surface area (Å²) in [6, 6.07) is 3.21. The van der Waals surface area contributed by atoms with Crippen molar-refractivity contribution in [3.63, 3.8) is 0 Å². The summed E-state index contributed by atoms with van der Waals surface area (Å²) >= 11 is 0. The lowest BCUT2D eigenvalue weighted by Gasteiger charge is -2.30. The molecule has 0 radical (unpaired) electrons. The Balaban J connectivity index is 1.92. The van der Waals surface area contributed by atoms with Crippen LogP contribution in [0.1, 0.15) is 73.8 Å². The maximum Gasteiger partial charge on any atom is 0.408 e. The second-order valence-corrected chi connectivity index (χ2v) is 12.7. The number of hydrogen-bond acceptors (Lipinski definition) is 8. The summed E-state index contributed by atoms with van der Waals surface area (Å²) in [4.78, 5) is 90.9. The van der Waals surface area contributed by atoms with E-state index in [1.165, 1.54) is 32.6 Å². The van der Waals surface area contributed by atoms with Crippen LogP contribution >= 0.6 is 0 Å². The van der Waals surface area contributed by atoms with Gasteiger partial charge in [0.1, 0.15) is 42.9 Å². The lowest BCUT2D eigenvalue weighted by atomic mass is 10.0. The molecule has 1 heterocycles. The van der Waals surface area contributed by atoms with Gasteiger partial charge in [-0.05, 0) is 65.9 Å². The standard InChI is InChI=1S/C33H51N7O8/c1-18(2)26(31(45)36-21(6)28(42)35-20(5)27(41)34-19(3)4)39-30(44)25-15-12-16-40(25)32(46)23(8)37-29(43)22(7)38-33(47)48-17-24-13-10-9-11-14-24/h9-11,13-14,18-23,25-26H,12,15-17H2,1-8H3,(H,34,41)(H,35,42)(H,36,45)(H,37,43)(H,38,47)(H,39,44)/t20-,21-,22-,23-,25+,26-/m0/s1. The minimum Gasteiger partial charge on any atom is -0.445 e. The average molecular weight is 674 g/mol. The predicted molar refractivity (Wildman–Crippen MR) is 177 cm³/mol. The maximum atomic E-state index is 13.4. The Bertz CT molecular complexity index is 1310. The summed E-state index contributed by atoms with van der Waals surface area (Å²) in [5.74, 6) is -3.54. The smallest absolute Gasteiger partial charge is 0.408 e. The Kier molecular flexibility index (Phi) is 15.3. The summed E-state index contributed by atoms with van der Waals surface area (Å²) in [6.45, 7) is 13.3. The van der Waals surface area contributed by atoms with Gasteiger partial charge in [-0.1, -0.05) is 44.2 Å². The van der Waals surface area contributed by atoms with Crippen LogP contribution in [0.3, 0.4) is 0 Å². The van der Waals surface area contributed by atoms with Gasteiger partial charge in [0, 0.05) is 12.6 Å². The molecular weight excluding hydrogens is 622 g/mol. The topological polar surface area (TPSA) is 204 Å². The Morgan fingerprint density at radius 2 is 1.21 bits per heavy atom. The Labute approximate surface area is 282 Å². The number of carbonyl (C=O) groups excluding carboxylic acids is 7. The summed E-state index contributed by atoms with van der Waals surface area (Å²) < 4.78 is 5.14. The zero-order chi connectivity index (χ0) is 36.1. The van der Waals surface area contributed by atoms with Crippen molar-refractivity contribution in [2.45, 2.75) is 117 Å². The van der Waals surface area contributed by atoms with Crippen molar-refractivity contribution in [1.82, 2.24) is 36.8 Å². The largest absolute Gasteiger partial charge is 0.445 e. The van der Waals surface area contributed by atoms with Crippen LogP contribution in [0, 0.1) is 5.92 Å². The fourth-order valence-electron chi connectivity index (χ4n) is 4.93. The SMILES string of the molecule is CC(C)NC(=O)[C@H](C)NC(=O)[C@H](C)NC(=O)[C@@H](NC(=O)[C@H]1CCCN1C(=O)[C@H](C)NC(=O)[C@H](C)NC(=O)OCc1ccccc1)C(C)C. The van der Waals surface area contributed by atoms with Gasteiger partial charge in [0.05, 0.1) is 0 Å². The average Bonchev–Trinajstić information content (AvgIpc) is 3.52. The van der Waals surface area contributed by atoms with Crippen molar-refractivity contribution in [1.29, 1.82) is 0 Å². The van der Waals surface area contributed by atoms with E-state index >= 15 is 0 Å². The second kappa shape index (κ2) is 18.6. The van der Waals surface area contributed by atoms with Gasteiger partial charge in [0.2, 0.25) is 35.4 Å². The molecule has 7 amide bonds. The third-order valence-electron chi connectivity index (χ3n) is 7.69. The highest BCUT2D eigenvalue weighted by atomic mass is 16.5. The normalized spacial score (nSPS) is 17.3. The first kappa shape index (κ1) is 39.5. The molecule has 1 aliphatic heterocycles. The van der Waals surface area contributed by atoms with Crippen LogP contribution in [0.15, 0.2) is 30.3 Å². The van der Waals surface area contributed by atoms with E-state index in [4.69, 9.17) is 4.74 Å². The van der Waals surface area contributed by atoms with Crippen LogP contribution in [0.5, 0.6) is 0 Å². The van der Waals surface area contributed by atoms with E-state index in [-0.39, 0.29) is 31.0 Å². The van der Waals surface area contributed by atoms with Gasteiger partial charge in [0.25, 0.3) is 0 Å². The number of alkyl carbamates (subject to hydrolysis) is 1. The van der Waals surface area contributed by atoms with E-state index in [1.807, 2.05) is 18.2 Å². The van der Waals surface area contributed by atoms with Crippen LogP contribution in [-0.2, 0) is 40.1 Å². The molecule has 2 rings (SSSR count). The van der Waals surface area contributed by atoms with Gasteiger partial charge in [-0.2, -0.15) is 0 Å². The fraction of sp³-hybridized carbons (Fsp3) is 0.606. The third kappa shape index (κ3) is 12.2. The molecule has 1 aromatic rings. The molecule has 1 fully saturated rings. The van der Waals surface area contributed by atoms with Gasteiger partial charge >= 0.3 is 6.09 Å². The minimum atomic E-state index is -1.02. The second-order valence-electron chi connectivity index (χ2n) is 12.7.